The molecule has 192 valence electrons. The van der Waals surface area contributed by atoms with Gasteiger partial charge in [-0.3, -0.25) is 0 Å². The van der Waals surface area contributed by atoms with Crippen molar-refractivity contribution in [2.24, 2.45) is 15.7 Å². The lowest BCUT2D eigenvalue weighted by Gasteiger charge is -2.15. The topological polar surface area (TPSA) is 60.6 Å². The van der Waals surface area contributed by atoms with Crippen molar-refractivity contribution in [1.82, 2.24) is 9.13 Å². The minimum Gasteiger partial charge on any atom is -0.330 e. The average Bonchev–Trinajstić information content (AvgIpc) is 3.52. The Balaban J connectivity index is 1.87. The molecule has 0 saturated carbocycles. The average molecular weight is 494 g/mol. The fourth-order valence-electron chi connectivity index (χ4n) is 5.96. The second-order valence-corrected chi connectivity index (χ2v) is 10.4. The molecule has 0 unspecified atom stereocenters. The Morgan fingerprint density at radius 1 is 1.03 bits per heavy atom. The van der Waals surface area contributed by atoms with Gasteiger partial charge in [-0.15, -0.1) is 0 Å². The third-order valence-electron chi connectivity index (χ3n) is 8.06. The van der Waals surface area contributed by atoms with Crippen molar-refractivity contribution < 1.29 is 0 Å². The van der Waals surface area contributed by atoms with E-state index in [1.54, 1.807) is 0 Å². The number of fused-ring (bicyclic) bond motifs is 3. The van der Waals surface area contributed by atoms with E-state index in [9.17, 15) is 0 Å². The molecule has 5 rings (SSSR count). The van der Waals surface area contributed by atoms with Crippen LogP contribution in [0.25, 0.3) is 18.2 Å². The van der Waals surface area contributed by atoms with Crippen LogP contribution >= 0.6 is 0 Å². The van der Waals surface area contributed by atoms with Crippen molar-refractivity contribution in [3.63, 3.8) is 0 Å². The van der Waals surface area contributed by atoms with E-state index in [0.717, 1.165) is 60.7 Å². The largest absolute Gasteiger partial charge is 0.330 e. The van der Waals surface area contributed by atoms with Crippen LogP contribution < -0.4 is 16.4 Å². The number of hydrogen-bond donors (Lipinski definition) is 1. The Hall–Kier alpha value is -3.44. The van der Waals surface area contributed by atoms with E-state index in [0.29, 0.717) is 6.54 Å². The fraction of sp³-hybridized carbons (Fsp3) is 0.375. The molecular formula is C32H39N5. The SMILES string of the molecule is C=C1C=C(C)C(/C=c2/c(CC)c(C)/c3n2Cn2c(C)cc(CC)c2/C=C2N=C(\C=3)C(C)=C\2CCCN)=N1. The van der Waals surface area contributed by atoms with Crippen LogP contribution in [0.15, 0.2) is 56.8 Å². The lowest BCUT2D eigenvalue weighted by atomic mass is 9.99. The van der Waals surface area contributed by atoms with Gasteiger partial charge in [-0.2, -0.15) is 0 Å². The zero-order chi connectivity index (χ0) is 26.4. The van der Waals surface area contributed by atoms with Crippen LogP contribution in [-0.2, 0) is 19.5 Å². The molecule has 37 heavy (non-hydrogen) atoms. The summed E-state index contributed by atoms with van der Waals surface area (Å²) >= 11 is 0. The first-order valence-corrected chi connectivity index (χ1v) is 13.5. The predicted molar refractivity (Wildman–Crippen MR) is 157 cm³/mol. The molecule has 5 heterocycles. The molecule has 0 amide bonds. The predicted octanol–water partition coefficient (Wildman–Crippen LogP) is 4.88. The van der Waals surface area contributed by atoms with Crippen LogP contribution in [0.5, 0.6) is 0 Å². The normalized spacial score (nSPS) is 19.7. The van der Waals surface area contributed by atoms with E-state index in [-0.39, 0.29) is 0 Å². The molecule has 2 bridgehead atoms. The molecule has 0 radical (unpaired) electrons. The Bertz CT molecular complexity index is 1590. The molecule has 0 spiro atoms. The number of rotatable bonds is 6. The second-order valence-electron chi connectivity index (χ2n) is 10.4. The zero-order valence-corrected chi connectivity index (χ0v) is 23.2. The third kappa shape index (κ3) is 4.25. The maximum absolute atomic E-state index is 5.91. The van der Waals surface area contributed by atoms with E-state index >= 15 is 0 Å². The maximum atomic E-state index is 5.91. The lowest BCUT2D eigenvalue weighted by Crippen LogP contribution is -2.33. The highest BCUT2D eigenvalue weighted by molar-refractivity contribution is 6.24. The van der Waals surface area contributed by atoms with Gasteiger partial charge in [0.25, 0.3) is 0 Å². The molecule has 2 aromatic rings. The molecular weight excluding hydrogens is 454 g/mol. The van der Waals surface area contributed by atoms with Gasteiger partial charge in [-0.25, -0.2) is 9.98 Å². The van der Waals surface area contributed by atoms with Gasteiger partial charge >= 0.3 is 0 Å². The summed E-state index contributed by atoms with van der Waals surface area (Å²) in [7, 11) is 0. The monoisotopic (exact) mass is 493 g/mol. The number of nitrogens with zero attached hydrogens (tertiary/aromatic N) is 4. The minimum atomic E-state index is 0.685. The summed E-state index contributed by atoms with van der Waals surface area (Å²) in [5.74, 6) is 0. The van der Waals surface area contributed by atoms with Crippen LogP contribution in [-0.4, -0.2) is 27.1 Å². The van der Waals surface area contributed by atoms with Gasteiger partial charge in [-0.05, 0) is 124 Å². The highest BCUT2D eigenvalue weighted by Gasteiger charge is 2.24. The molecule has 3 aliphatic heterocycles. The number of hydrogen-bond acceptors (Lipinski definition) is 3. The van der Waals surface area contributed by atoms with Crippen molar-refractivity contribution in [3.05, 3.63) is 85.6 Å². The summed E-state index contributed by atoms with van der Waals surface area (Å²) < 4.78 is 4.92. The maximum Gasteiger partial charge on any atom is 0.0996 e. The zero-order valence-electron chi connectivity index (χ0n) is 23.2. The Morgan fingerprint density at radius 2 is 1.81 bits per heavy atom. The van der Waals surface area contributed by atoms with Gasteiger partial charge < -0.3 is 14.9 Å². The fourth-order valence-corrected chi connectivity index (χ4v) is 5.96. The summed E-state index contributed by atoms with van der Waals surface area (Å²) in [5, 5.41) is 2.44. The Labute approximate surface area is 220 Å². The number of allylic oxidation sites excluding steroid dienone is 4. The molecule has 2 N–H and O–H groups in total. The summed E-state index contributed by atoms with van der Waals surface area (Å²) in [6.07, 6.45) is 12.8. The highest BCUT2D eigenvalue weighted by atomic mass is 15.2. The van der Waals surface area contributed by atoms with Gasteiger partial charge in [0.15, 0.2) is 0 Å². The summed E-state index contributed by atoms with van der Waals surface area (Å²) in [6, 6.07) is 2.34. The van der Waals surface area contributed by atoms with Crippen molar-refractivity contribution in [3.8, 4) is 0 Å². The standard InChI is InChI=1S/C32H39N5/c1-8-24-14-21(5)36-18-37-30(16-28-22(6)26(11-10-12-33)29(35-28)17-31(24)36)23(7)25(9-2)32(37)15-27-19(3)13-20(4)34-27/h13-17H,4,8-12,18,33H2,1-3,5-7H3/b29-17-,30-16-,32-15-. The van der Waals surface area contributed by atoms with Crippen molar-refractivity contribution in [1.29, 1.82) is 0 Å². The molecule has 3 aliphatic rings. The van der Waals surface area contributed by atoms with Gasteiger partial charge in [0.2, 0.25) is 0 Å². The first-order chi connectivity index (χ1) is 17.8. The van der Waals surface area contributed by atoms with Gasteiger partial charge in [0.1, 0.15) is 0 Å². The molecule has 0 saturated heterocycles. The third-order valence-corrected chi connectivity index (χ3v) is 8.06. The molecule has 0 aliphatic carbocycles. The Kier molecular flexibility index (Phi) is 6.67. The highest BCUT2D eigenvalue weighted by Crippen LogP contribution is 2.33. The van der Waals surface area contributed by atoms with Crippen LogP contribution in [0.4, 0.5) is 0 Å². The number of nitrogens with two attached hydrogens (primary N) is 1. The number of aryl methyl sites for hydroxylation is 2. The van der Waals surface area contributed by atoms with E-state index in [1.165, 1.54) is 49.9 Å². The smallest absolute Gasteiger partial charge is 0.0996 e. The Morgan fingerprint density at radius 3 is 2.46 bits per heavy atom. The quantitative estimate of drug-likeness (QED) is 0.613. The minimum absolute atomic E-state index is 0.685. The van der Waals surface area contributed by atoms with E-state index < -0.39 is 0 Å². The summed E-state index contributed by atoms with van der Waals surface area (Å²) in [4.78, 5) is 9.94. The van der Waals surface area contributed by atoms with Gasteiger partial charge in [-0.1, -0.05) is 20.4 Å². The van der Waals surface area contributed by atoms with Crippen LogP contribution in [0, 0.1) is 13.8 Å². The van der Waals surface area contributed by atoms with Crippen LogP contribution in [0.1, 0.15) is 68.6 Å². The van der Waals surface area contributed by atoms with Gasteiger partial charge in [0, 0.05) is 22.1 Å². The number of aromatic nitrogens is 2. The molecule has 0 aromatic carbocycles. The summed E-state index contributed by atoms with van der Waals surface area (Å²) in [5.41, 5.74) is 20.2. The molecule has 0 fully saturated rings. The molecule has 0 atom stereocenters. The van der Waals surface area contributed by atoms with Crippen molar-refractivity contribution >= 4 is 29.7 Å². The van der Waals surface area contributed by atoms with Crippen LogP contribution in [0.3, 0.4) is 0 Å². The first kappa shape index (κ1) is 25.2. The van der Waals surface area contributed by atoms with E-state index in [2.05, 4.69) is 87.6 Å². The number of aliphatic imine (C=N–C) groups is 2. The molecule has 5 heteroatoms. The van der Waals surface area contributed by atoms with Crippen molar-refractivity contribution in [2.75, 3.05) is 6.54 Å². The first-order valence-electron chi connectivity index (χ1n) is 13.5. The second kappa shape index (κ2) is 9.79. The lowest BCUT2D eigenvalue weighted by molar-refractivity contribution is 0.571. The van der Waals surface area contributed by atoms with E-state index in [1.807, 2.05) is 0 Å². The van der Waals surface area contributed by atoms with Crippen molar-refractivity contribution in [2.45, 2.75) is 73.9 Å². The van der Waals surface area contributed by atoms with E-state index in [4.69, 9.17) is 15.7 Å². The molecule has 5 nitrogen and oxygen atoms in total. The molecule has 2 aromatic heterocycles. The van der Waals surface area contributed by atoms with Gasteiger partial charge in [0.05, 0.1) is 29.5 Å². The van der Waals surface area contributed by atoms with Crippen LogP contribution in [0.2, 0.25) is 0 Å². The summed E-state index contributed by atoms with van der Waals surface area (Å²) in [6.45, 7) is 18.8.